The molecule has 1 N–H and O–H groups in total. The van der Waals surface area contributed by atoms with Gasteiger partial charge in [0.05, 0.1) is 0 Å². The van der Waals surface area contributed by atoms with Gasteiger partial charge in [-0.15, -0.1) is 0 Å². The largest absolute Gasteiger partial charge is 0.473 e. The van der Waals surface area contributed by atoms with Crippen molar-refractivity contribution in [2.75, 3.05) is 0 Å². The van der Waals surface area contributed by atoms with E-state index in [1.165, 1.54) is 0 Å². The van der Waals surface area contributed by atoms with E-state index in [9.17, 15) is 4.79 Å². The first-order chi connectivity index (χ1) is 3.95. The minimum absolute atomic E-state index is 0. The molecule has 0 bridgehead atoms. The van der Waals surface area contributed by atoms with Gasteiger partial charge in [-0.25, -0.2) is 4.79 Å². The molecule has 0 aliphatic heterocycles. The minimum Gasteiger partial charge on any atom is -0.473 e. The average Bonchev–Trinajstić information content (AvgIpc) is 1.62. The van der Waals surface area contributed by atoms with Crippen molar-refractivity contribution in [1.82, 2.24) is 5.32 Å². The number of rotatable bonds is 0. The van der Waals surface area contributed by atoms with Crippen LogP contribution < -0.4 is 5.32 Å². The Morgan fingerprint density at radius 3 is 1.91 bits per heavy atom. The van der Waals surface area contributed by atoms with Crippen molar-refractivity contribution in [1.29, 1.82) is 0 Å². The summed E-state index contributed by atoms with van der Waals surface area (Å²) in [6.07, 6.45) is -0.498. The Labute approximate surface area is 94.1 Å². The Hall–Kier alpha value is 0.374. The zero-order valence-electron chi connectivity index (χ0n) is 7.60. The number of carbonyl (C=O) groups is 1. The molecule has 0 spiro atoms. The fourth-order valence-electron chi connectivity index (χ4n) is 0.314. The van der Waals surface area contributed by atoms with E-state index < -0.39 is 11.7 Å². The molecule has 65 valence electrons. The number of nitrogens with one attached hydrogen (secondary N) is 1. The van der Waals surface area contributed by atoms with Crippen LogP contribution in [0.5, 0.6) is 0 Å². The molecule has 0 atom stereocenters. The predicted molar refractivity (Wildman–Crippen MR) is 41.1 cm³/mol. The molecule has 11 heavy (non-hydrogen) atoms. The van der Waals surface area contributed by atoms with Crippen molar-refractivity contribution in [2.45, 2.75) is 26.4 Å². The molecule has 1 radical (unpaired) electrons. The van der Waals surface area contributed by atoms with Crippen LogP contribution in [-0.4, -0.2) is 11.7 Å². The van der Waals surface area contributed by atoms with E-state index in [0.717, 1.165) is 0 Å². The molecule has 3 nitrogen and oxygen atoms in total. The van der Waals surface area contributed by atoms with Crippen LogP contribution in [0.4, 0.5) is 4.79 Å². The molecular formula is C7H15NO2Y-2. The predicted octanol–water partition coefficient (Wildman–Crippen LogP) is 1.75. The fraction of sp³-hybridized carbons (Fsp3) is 0.571. The van der Waals surface area contributed by atoms with Gasteiger partial charge in [0.25, 0.3) is 0 Å². The maximum absolute atomic E-state index is 10.4. The molecule has 0 aromatic heterocycles. The summed E-state index contributed by atoms with van der Waals surface area (Å²) in [5.41, 5.74) is -0.429. The van der Waals surface area contributed by atoms with Gasteiger partial charge in [0.15, 0.2) is 0 Å². The van der Waals surface area contributed by atoms with Gasteiger partial charge in [-0.05, 0) is 20.8 Å². The van der Waals surface area contributed by atoms with Crippen LogP contribution in [0.1, 0.15) is 20.8 Å². The molecule has 0 fully saturated rings. The summed E-state index contributed by atoms with van der Waals surface area (Å²) in [6.45, 7) is 5.38. The van der Waals surface area contributed by atoms with Crippen molar-refractivity contribution < 1.29 is 42.2 Å². The maximum atomic E-state index is 10.4. The zero-order chi connectivity index (χ0) is 7.49. The van der Waals surface area contributed by atoms with Crippen LogP contribution >= 0.6 is 0 Å². The third-order valence-electron chi connectivity index (χ3n) is 0.543. The molecule has 0 rings (SSSR count). The van der Waals surface area contributed by atoms with Gasteiger partial charge in [-0.3, -0.25) is 7.05 Å². The Morgan fingerprint density at radius 2 is 1.82 bits per heavy atom. The summed E-state index contributed by atoms with van der Waals surface area (Å²) < 4.78 is 4.77. The van der Waals surface area contributed by atoms with Gasteiger partial charge in [-0.2, -0.15) is 0 Å². The van der Waals surface area contributed by atoms with Crippen LogP contribution in [0.2, 0.25) is 0 Å². The second-order valence-electron chi connectivity index (χ2n) is 2.68. The van der Waals surface area contributed by atoms with Gasteiger partial charge >= 0.3 is 6.09 Å². The van der Waals surface area contributed by atoms with Crippen molar-refractivity contribution in [2.24, 2.45) is 0 Å². The molecule has 0 aliphatic rings. The summed E-state index contributed by atoms with van der Waals surface area (Å²) in [4.78, 5) is 10.4. The second kappa shape index (κ2) is 7.05. The molecule has 0 heterocycles. The molecular weight excluding hydrogens is 219 g/mol. The second-order valence-corrected chi connectivity index (χ2v) is 2.68. The normalized spacial score (nSPS) is 8.73. The third-order valence-corrected chi connectivity index (χ3v) is 0.543. The number of hydrogen-bond acceptors (Lipinski definition) is 2. The molecule has 0 aromatic carbocycles. The Balaban J connectivity index is -0.000000320. The fourth-order valence-corrected chi connectivity index (χ4v) is 0.314. The number of hydrogen-bond donors (Lipinski definition) is 1. The smallest absolute Gasteiger partial charge is 0.377 e. The van der Waals surface area contributed by atoms with E-state index in [-0.39, 0.29) is 40.1 Å². The first-order valence-electron chi connectivity index (χ1n) is 2.72. The molecule has 4 heteroatoms. The molecule has 0 saturated heterocycles. The number of carbonyl (C=O) groups excluding carboxylic acids is 1. The summed E-state index contributed by atoms with van der Waals surface area (Å²) in [5, 5.41) is 2.11. The molecule has 0 aliphatic carbocycles. The van der Waals surface area contributed by atoms with Crippen LogP contribution in [-0.2, 0) is 37.4 Å². The quantitative estimate of drug-likeness (QED) is 0.648. The van der Waals surface area contributed by atoms with E-state index in [1.54, 1.807) is 20.8 Å². The van der Waals surface area contributed by atoms with Gasteiger partial charge < -0.3 is 17.5 Å². The van der Waals surface area contributed by atoms with Crippen LogP contribution in [0, 0.1) is 14.5 Å². The van der Waals surface area contributed by atoms with Crippen LogP contribution in [0.3, 0.4) is 0 Å². The van der Waals surface area contributed by atoms with E-state index in [0.29, 0.717) is 0 Å². The third kappa shape index (κ3) is 13.4. The van der Waals surface area contributed by atoms with E-state index in [4.69, 9.17) is 4.74 Å². The summed E-state index contributed by atoms with van der Waals surface area (Å²) >= 11 is 0. The van der Waals surface area contributed by atoms with E-state index >= 15 is 0 Å². The SMILES string of the molecule is [CH2-]NC(=O)OC(C)(C)C.[CH3-].[Y]. The van der Waals surface area contributed by atoms with Crippen LogP contribution in [0.25, 0.3) is 0 Å². The minimum atomic E-state index is -0.498. The monoisotopic (exact) mass is 234 g/mol. The molecule has 0 aromatic rings. The van der Waals surface area contributed by atoms with Crippen molar-refractivity contribution in [3.05, 3.63) is 14.5 Å². The Bertz CT molecular complexity index is 109. The van der Waals surface area contributed by atoms with Gasteiger partial charge in [-0.1, -0.05) is 0 Å². The zero-order valence-corrected chi connectivity index (χ0v) is 10.4. The first-order valence-corrected chi connectivity index (χ1v) is 2.72. The molecule has 0 unspecified atom stereocenters. The first kappa shape index (κ1) is 17.5. The van der Waals surface area contributed by atoms with E-state index in [1.807, 2.05) is 0 Å². The van der Waals surface area contributed by atoms with Crippen molar-refractivity contribution in [3.8, 4) is 0 Å². The number of amides is 1. The molecule has 1 amide bonds. The van der Waals surface area contributed by atoms with Crippen molar-refractivity contribution in [3.63, 3.8) is 0 Å². The van der Waals surface area contributed by atoms with Crippen molar-refractivity contribution >= 4 is 6.09 Å². The Morgan fingerprint density at radius 1 is 1.45 bits per heavy atom. The number of alkyl carbamates (subject to hydrolysis) is 1. The standard InChI is InChI=1S/C6H12NO2.CH3.Y/c1-6(2,3)9-5(8)7-4;;/h4H2,1-3H3,(H,7,8);1H3;/q2*-1;. The summed E-state index contributed by atoms with van der Waals surface area (Å²) in [5.74, 6) is 0. The van der Waals surface area contributed by atoms with Gasteiger partial charge in [0.1, 0.15) is 5.60 Å². The molecule has 0 saturated carbocycles. The average molecular weight is 234 g/mol. The number of ether oxygens (including phenoxy) is 1. The van der Waals surface area contributed by atoms with Crippen LogP contribution in [0.15, 0.2) is 0 Å². The topological polar surface area (TPSA) is 38.3 Å². The summed E-state index contributed by atoms with van der Waals surface area (Å²) in [6, 6.07) is 0. The Kier molecular flexibility index (Phi) is 11.2. The summed E-state index contributed by atoms with van der Waals surface area (Å²) in [7, 11) is 3.15. The maximum Gasteiger partial charge on any atom is 0.377 e. The van der Waals surface area contributed by atoms with Gasteiger partial charge in [0, 0.05) is 32.7 Å². The van der Waals surface area contributed by atoms with Gasteiger partial charge in [0.2, 0.25) is 0 Å². The van der Waals surface area contributed by atoms with E-state index in [2.05, 4.69) is 12.4 Å².